The number of nitrogens with one attached hydrogen (secondary N) is 1. The van der Waals surface area contributed by atoms with Crippen LogP contribution in [-0.2, 0) is 20.0 Å². The Bertz CT molecular complexity index is 634. The van der Waals surface area contributed by atoms with Crippen molar-refractivity contribution in [2.45, 2.75) is 31.8 Å². The third-order valence-electron chi connectivity index (χ3n) is 3.75. The van der Waals surface area contributed by atoms with E-state index in [1.807, 2.05) is 23.3 Å². The van der Waals surface area contributed by atoms with E-state index in [9.17, 15) is 10.1 Å². The van der Waals surface area contributed by atoms with E-state index in [1.54, 1.807) is 6.07 Å². The van der Waals surface area contributed by atoms with Gasteiger partial charge in [0.15, 0.2) is 0 Å². The molecular weight excluding hydrogens is 276 g/mol. The summed E-state index contributed by atoms with van der Waals surface area (Å²) in [6.07, 6.45) is 5.25. The molecule has 0 amide bonds. The molecule has 1 aliphatic rings. The molecule has 1 aliphatic carbocycles. The molecule has 2 aromatic heterocycles. The van der Waals surface area contributed by atoms with Crippen LogP contribution in [0.25, 0.3) is 0 Å². The second-order valence-corrected chi connectivity index (χ2v) is 5.94. The van der Waals surface area contributed by atoms with Gasteiger partial charge in [-0.15, -0.1) is 0 Å². The maximum absolute atomic E-state index is 10.7. The Morgan fingerprint density at radius 2 is 2.50 bits per heavy atom. The number of nitro groups is 1. The zero-order valence-electron chi connectivity index (χ0n) is 11.2. The first-order valence-electron chi connectivity index (χ1n) is 6.61. The highest BCUT2D eigenvalue weighted by molar-refractivity contribution is 7.13. The molecule has 0 saturated heterocycles. The SMILES string of the molecule is Cn1ncc2c1CCCC2NCc1csc([N+](=O)[O-])c1. The van der Waals surface area contributed by atoms with Crippen molar-refractivity contribution in [3.05, 3.63) is 44.6 Å². The molecule has 1 atom stereocenters. The second-order valence-electron chi connectivity index (χ2n) is 5.05. The molecule has 2 aromatic rings. The lowest BCUT2D eigenvalue weighted by Gasteiger charge is -2.23. The lowest BCUT2D eigenvalue weighted by atomic mass is 9.93. The average molecular weight is 292 g/mol. The summed E-state index contributed by atoms with van der Waals surface area (Å²) in [5.41, 5.74) is 3.53. The summed E-state index contributed by atoms with van der Waals surface area (Å²) in [7, 11) is 1.98. The Morgan fingerprint density at radius 1 is 1.65 bits per heavy atom. The Labute approximate surface area is 120 Å². The van der Waals surface area contributed by atoms with Gasteiger partial charge in [0, 0.05) is 42.3 Å². The summed E-state index contributed by atoms with van der Waals surface area (Å²) >= 11 is 1.18. The molecule has 0 spiro atoms. The van der Waals surface area contributed by atoms with Crippen LogP contribution >= 0.6 is 11.3 Å². The largest absolute Gasteiger partial charge is 0.324 e. The van der Waals surface area contributed by atoms with Crippen molar-refractivity contribution in [2.24, 2.45) is 7.05 Å². The summed E-state index contributed by atoms with van der Waals surface area (Å²) in [6, 6.07) is 1.94. The standard InChI is InChI=1S/C13H16N4O2S/c1-16-12-4-2-3-11(10(12)7-15-16)14-6-9-5-13(17(18)19)20-8-9/h5,7-8,11,14H,2-4,6H2,1H3. The normalized spacial score (nSPS) is 17.9. The van der Waals surface area contributed by atoms with Crippen LogP contribution in [0, 0.1) is 10.1 Å². The number of fused-ring (bicyclic) bond motifs is 1. The van der Waals surface area contributed by atoms with Gasteiger partial charge in [-0.25, -0.2) is 0 Å². The lowest BCUT2D eigenvalue weighted by molar-refractivity contribution is -0.380. The van der Waals surface area contributed by atoms with Crippen LogP contribution < -0.4 is 5.32 Å². The van der Waals surface area contributed by atoms with Crippen molar-refractivity contribution in [1.82, 2.24) is 15.1 Å². The van der Waals surface area contributed by atoms with Gasteiger partial charge in [0.05, 0.1) is 11.1 Å². The van der Waals surface area contributed by atoms with Crippen LogP contribution in [0.15, 0.2) is 17.6 Å². The van der Waals surface area contributed by atoms with Crippen LogP contribution in [-0.4, -0.2) is 14.7 Å². The molecule has 7 heteroatoms. The van der Waals surface area contributed by atoms with Crippen molar-refractivity contribution in [3.63, 3.8) is 0 Å². The molecule has 0 bridgehead atoms. The molecule has 1 N–H and O–H groups in total. The van der Waals surface area contributed by atoms with E-state index in [0.717, 1.165) is 24.8 Å². The van der Waals surface area contributed by atoms with Gasteiger partial charge in [0.2, 0.25) is 0 Å². The van der Waals surface area contributed by atoms with Crippen molar-refractivity contribution in [3.8, 4) is 0 Å². The second kappa shape index (κ2) is 5.34. The van der Waals surface area contributed by atoms with Crippen LogP contribution in [0.2, 0.25) is 0 Å². The van der Waals surface area contributed by atoms with Gasteiger partial charge in [-0.2, -0.15) is 5.10 Å². The van der Waals surface area contributed by atoms with Crippen molar-refractivity contribution in [2.75, 3.05) is 0 Å². The van der Waals surface area contributed by atoms with E-state index in [0.29, 0.717) is 12.6 Å². The molecule has 20 heavy (non-hydrogen) atoms. The van der Waals surface area contributed by atoms with Gasteiger partial charge in [-0.05, 0) is 24.8 Å². The number of hydrogen-bond donors (Lipinski definition) is 1. The van der Waals surface area contributed by atoms with E-state index in [4.69, 9.17) is 0 Å². The van der Waals surface area contributed by atoms with Crippen LogP contribution in [0.5, 0.6) is 0 Å². The molecule has 0 radical (unpaired) electrons. The van der Waals surface area contributed by atoms with Crippen LogP contribution in [0.1, 0.15) is 35.7 Å². The molecule has 6 nitrogen and oxygen atoms in total. The van der Waals surface area contributed by atoms with E-state index in [-0.39, 0.29) is 9.92 Å². The fraction of sp³-hybridized carbons (Fsp3) is 0.462. The maximum Gasteiger partial charge on any atom is 0.324 e. The maximum atomic E-state index is 10.7. The minimum absolute atomic E-state index is 0.201. The van der Waals surface area contributed by atoms with Crippen LogP contribution in [0.4, 0.5) is 5.00 Å². The number of thiophene rings is 1. The molecule has 0 aliphatic heterocycles. The number of aromatic nitrogens is 2. The van der Waals surface area contributed by atoms with Gasteiger partial charge >= 0.3 is 5.00 Å². The average Bonchev–Trinajstić information content (AvgIpc) is 3.04. The van der Waals surface area contributed by atoms with Crippen molar-refractivity contribution in [1.29, 1.82) is 0 Å². The number of hydrogen-bond acceptors (Lipinski definition) is 5. The summed E-state index contributed by atoms with van der Waals surface area (Å²) < 4.78 is 1.94. The van der Waals surface area contributed by atoms with E-state index < -0.39 is 0 Å². The third-order valence-corrected chi connectivity index (χ3v) is 4.68. The highest BCUT2D eigenvalue weighted by atomic mass is 32.1. The molecule has 0 fully saturated rings. The summed E-state index contributed by atoms with van der Waals surface area (Å²) in [5.74, 6) is 0. The van der Waals surface area contributed by atoms with E-state index in [2.05, 4.69) is 10.4 Å². The van der Waals surface area contributed by atoms with Crippen LogP contribution in [0.3, 0.4) is 0 Å². The number of aryl methyl sites for hydroxylation is 1. The van der Waals surface area contributed by atoms with Gasteiger partial charge in [-0.3, -0.25) is 14.8 Å². The first kappa shape index (κ1) is 13.3. The first-order chi connectivity index (χ1) is 9.65. The molecule has 0 aromatic carbocycles. The van der Waals surface area contributed by atoms with Gasteiger partial charge in [0.25, 0.3) is 0 Å². The van der Waals surface area contributed by atoms with E-state index in [1.165, 1.54) is 22.6 Å². The van der Waals surface area contributed by atoms with Gasteiger partial charge < -0.3 is 5.32 Å². The minimum atomic E-state index is -0.339. The molecule has 3 rings (SSSR count). The van der Waals surface area contributed by atoms with E-state index >= 15 is 0 Å². The number of rotatable bonds is 4. The number of nitrogens with zero attached hydrogens (tertiary/aromatic N) is 3. The van der Waals surface area contributed by atoms with Crippen molar-refractivity contribution < 1.29 is 4.92 Å². The quantitative estimate of drug-likeness (QED) is 0.694. The topological polar surface area (TPSA) is 73.0 Å². The Kier molecular flexibility index (Phi) is 3.54. The summed E-state index contributed by atoms with van der Waals surface area (Å²) in [5, 5.41) is 20.5. The lowest BCUT2D eigenvalue weighted by Crippen LogP contribution is -2.24. The monoisotopic (exact) mass is 292 g/mol. The smallest absolute Gasteiger partial charge is 0.306 e. The first-order valence-corrected chi connectivity index (χ1v) is 7.49. The molecule has 0 saturated carbocycles. The fourth-order valence-corrected chi connectivity index (χ4v) is 3.44. The minimum Gasteiger partial charge on any atom is -0.306 e. The predicted octanol–water partition coefficient (Wildman–Crippen LogP) is 2.56. The highest BCUT2D eigenvalue weighted by Crippen LogP contribution is 2.30. The molecule has 2 heterocycles. The summed E-state index contributed by atoms with van der Waals surface area (Å²) in [6.45, 7) is 0.656. The Morgan fingerprint density at radius 3 is 3.25 bits per heavy atom. The Balaban J connectivity index is 1.68. The van der Waals surface area contributed by atoms with Gasteiger partial charge in [0.1, 0.15) is 0 Å². The fourth-order valence-electron chi connectivity index (χ4n) is 2.71. The zero-order valence-corrected chi connectivity index (χ0v) is 12.0. The Hall–Kier alpha value is -1.73. The predicted molar refractivity (Wildman–Crippen MR) is 76.7 cm³/mol. The van der Waals surface area contributed by atoms with Gasteiger partial charge in [-0.1, -0.05) is 11.3 Å². The van der Waals surface area contributed by atoms with Crippen molar-refractivity contribution >= 4 is 16.3 Å². The highest BCUT2D eigenvalue weighted by Gasteiger charge is 2.23. The third kappa shape index (κ3) is 2.46. The molecule has 1 unspecified atom stereocenters. The molecular formula is C13H16N4O2S. The zero-order chi connectivity index (χ0) is 14.1. The molecule has 106 valence electrons. The summed E-state index contributed by atoms with van der Waals surface area (Å²) in [4.78, 5) is 10.3.